The Balaban J connectivity index is 1.28. The molecule has 2 amide bonds. The molecule has 0 aliphatic carbocycles. The van der Waals surface area contributed by atoms with Gasteiger partial charge in [0, 0.05) is 48.1 Å². The molecule has 1 fully saturated rings. The van der Waals surface area contributed by atoms with Gasteiger partial charge in [-0.1, -0.05) is 23.2 Å². The summed E-state index contributed by atoms with van der Waals surface area (Å²) in [6.07, 6.45) is -0.750. The summed E-state index contributed by atoms with van der Waals surface area (Å²) in [5.74, 6) is 0.846. The lowest BCUT2D eigenvalue weighted by Gasteiger charge is -2.36. The van der Waals surface area contributed by atoms with Gasteiger partial charge in [-0.25, -0.2) is 0 Å². The maximum absolute atomic E-state index is 12.8. The molecule has 0 saturated carbocycles. The molecule has 0 radical (unpaired) electrons. The van der Waals surface area contributed by atoms with Crippen LogP contribution in [-0.4, -0.2) is 56.1 Å². The minimum Gasteiger partial charge on any atom is -0.497 e. The van der Waals surface area contributed by atoms with Crippen molar-refractivity contribution in [1.82, 2.24) is 4.90 Å². The maximum Gasteiger partial charge on any atom is 0.265 e. The second kappa shape index (κ2) is 11.5. The van der Waals surface area contributed by atoms with Gasteiger partial charge in [0.25, 0.3) is 11.8 Å². The number of piperazine rings is 1. The molecule has 4 rings (SSSR count). The molecule has 3 aromatic rings. The van der Waals surface area contributed by atoms with Crippen molar-refractivity contribution in [1.29, 1.82) is 0 Å². The van der Waals surface area contributed by atoms with Crippen LogP contribution < -0.4 is 19.7 Å². The van der Waals surface area contributed by atoms with Gasteiger partial charge in [-0.2, -0.15) is 0 Å². The van der Waals surface area contributed by atoms with Gasteiger partial charge in [0.15, 0.2) is 6.10 Å². The maximum atomic E-state index is 12.8. The van der Waals surface area contributed by atoms with Crippen molar-refractivity contribution < 1.29 is 19.1 Å². The number of hydrogen-bond donors (Lipinski definition) is 1. The lowest BCUT2D eigenvalue weighted by Crippen LogP contribution is -2.48. The predicted octanol–water partition coefficient (Wildman–Crippen LogP) is 5.37. The van der Waals surface area contributed by atoms with Crippen LogP contribution in [0.2, 0.25) is 10.0 Å². The Bertz CT molecular complexity index is 1210. The number of methoxy groups -OCH3 is 1. The van der Waals surface area contributed by atoms with Crippen molar-refractivity contribution >= 4 is 46.4 Å². The van der Waals surface area contributed by atoms with E-state index >= 15 is 0 Å². The summed E-state index contributed by atoms with van der Waals surface area (Å²) >= 11 is 12.0. The Labute approximate surface area is 220 Å². The van der Waals surface area contributed by atoms with Gasteiger partial charge >= 0.3 is 0 Å². The quantitative estimate of drug-likeness (QED) is 0.447. The highest BCUT2D eigenvalue weighted by Crippen LogP contribution is 2.28. The summed E-state index contributed by atoms with van der Waals surface area (Å²) in [5, 5.41) is 3.70. The number of benzene rings is 3. The number of ether oxygens (including phenoxy) is 2. The second-order valence-corrected chi connectivity index (χ2v) is 9.22. The Morgan fingerprint density at radius 1 is 0.917 bits per heavy atom. The first kappa shape index (κ1) is 25.7. The van der Waals surface area contributed by atoms with Gasteiger partial charge in [-0.3, -0.25) is 9.59 Å². The monoisotopic (exact) mass is 527 g/mol. The number of amides is 2. The first-order valence-electron chi connectivity index (χ1n) is 11.5. The Hall–Kier alpha value is -3.42. The summed E-state index contributed by atoms with van der Waals surface area (Å²) in [5.41, 5.74) is 2.34. The van der Waals surface area contributed by atoms with Crippen LogP contribution in [0, 0.1) is 0 Å². The van der Waals surface area contributed by atoms with E-state index in [4.69, 9.17) is 32.7 Å². The molecular weight excluding hydrogens is 501 g/mol. The van der Waals surface area contributed by atoms with Gasteiger partial charge in [0.2, 0.25) is 0 Å². The fourth-order valence-electron chi connectivity index (χ4n) is 3.90. The number of carbonyl (C=O) groups excluding carboxylic acids is 2. The Morgan fingerprint density at radius 2 is 1.58 bits per heavy atom. The van der Waals surface area contributed by atoms with E-state index in [0.29, 0.717) is 40.1 Å². The summed E-state index contributed by atoms with van der Waals surface area (Å²) in [6.45, 7) is 4.36. The van der Waals surface area contributed by atoms with E-state index in [9.17, 15) is 9.59 Å². The molecule has 1 N–H and O–H groups in total. The van der Waals surface area contributed by atoms with Gasteiger partial charge in [-0.05, 0) is 73.7 Å². The zero-order valence-corrected chi connectivity index (χ0v) is 21.6. The number of carbonyl (C=O) groups is 2. The zero-order chi connectivity index (χ0) is 25.7. The van der Waals surface area contributed by atoms with Crippen molar-refractivity contribution in [2.75, 3.05) is 43.5 Å². The minimum atomic E-state index is -0.750. The summed E-state index contributed by atoms with van der Waals surface area (Å²) < 4.78 is 10.8. The average Bonchev–Trinajstić information content (AvgIpc) is 2.90. The SMILES string of the molecule is COc1ccc(C(=O)N2CCN(c3ccc(NC(=O)[C@H](C)Oc4ccc(Cl)cc4Cl)cc3)CC2)cc1. The molecule has 1 aliphatic heterocycles. The normalized spacial score (nSPS) is 14.2. The first-order chi connectivity index (χ1) is 17.3. The minimum absolute atomic E-state index is 0.0200. The van der Waals surface area contributed by atoms with Gasteiger partial charge < -0.3 is 24.6 Å². The van der Waals surface area contributed by atoms with Crippen LogP contribution in [0.4, 0.5) is 11.4 Å². The summed E-state index contributed by atoms with van der Waals surface area (Å²) in [6, 6.07) is 19.6. The standard InChI is InChI=1S/C27H27Cl2N3O4/c1-18(36-25-12-5-20(28)17-24(25)29)26(33)30-21-6-8-22(9-7-21)31-13-15-32(16-14-31)27(34)19-3-10-23(35-2)11-4-19/h3-12,17-18H,13-16H2,1-2H3,(H,30,33)/t18-/m0/s1. The fraction of sp³-hybridized carbons (Fsp3) is 0.259. The molecule has 1 saturated heterocycles. The largest absolute Gasteiger partial charge is 0.497 e. The molecule has 0 unspecified atom stereocenters. The lowest BCUT2D eigenvalue weighted by atomic mass is 10.1. The predicted molar refractivity (Wildman–Crippen MR) is 143 cm³/mol. The Morgan fingerprint density at radius 3 is 2.19 bits per heavy atom. The van der Waals surface area contributed by atoms with Gasteiger partial charge in [0.1, 0.15) is 11.5 Å². The molecule has 0 aromatic heterocycles. The zero-order valence-electron chi connectivity index (χ0n) is 20.0. The third kappa shape index (κ3) is 6.22. The molecule has 3 aromatic carbocycles. The molecule has 1 heterocycles. The lowest BCUT2D eigenvalue weighted by molar-refractivity contribution is -0.122. The number of nitrogens with zero attached hydrogens (tertiary/aromatic N) is 2. The van der Waals surface area contributed by atoms with Gasteiger partial charge in [0.05, 0.1) is 12.1 Å². The summed E-state index contributed by atoms with van der Waals surface area (Å²) in [7, 11) is 1.60. The van der Waals surface area contributed by atoms with Crippen LogP contribution in [0.3, 0.4) is 0 Å². The molecule has 1 aliphatic rings. The highest BCUT2D eigenvalue weighted by molar-refractivity contribution is 6.35. The number of rotatable bonds is 7. The van der Waals surface area contributed by atoms with E-state index in [-0.39, 0.29) is 11.8 Å². The topological polar surface area (TPSA) is 71.1 Å². The molecule has 36 heavy (non-hydrogen) atoms. The summed E-state index contributed by atoms with van der Waals surface area (Å²) in [4.78, 5) is 29.5. The van der Waals surface area contributed by atoms with Gasteiger partial charge in [-0.15, -0.1) is 0 Å². The van der Waals surface area contributed by atoms with Crippen molar-refractivity contribution in [2.24, 2.45) is 0 Å². The molecule has 9 heteroatoms. The van der Waals surface area contributed by atoms with E-state index < -0.39 is 6.10 Å². The Kier molecular flexibility index (Phi) is 8.23. The highest BCUT2D eigenvalue weighted by Gasteiger charge is 2.23. The third-order valence-electron chi connectivity index (χ3n) is 5.97. The second-order valence-electron chi connectivity index (χ2n) is 8.38. The van der Waals surface area contributed by atoms with Crippen LogP contribution in [0.1, 0.15) is 17.3 Å². The van der Waals surface area contributed by atoms with E-state index in [2.05, 4.69) is 10.2 Å². The van der Waals surface area contributed by atoms with Crippen LogP contribution in [-0.2, 0) is 4.79 Å². The molecule has 0 spiro atoms. The van der Waals surface area contributed by atoms with Crippen LogP contribution in [0.25, 0.3) is 0 Å². The van der Waals surface area contributed by atoms with E-state index in [1.54, 1.807) is 56.5 Å². The average molecular weight is 528 g/mol. The third-order valence-corrected chi connectivity index (χ3v) is 6.50. The first-order valence-corrected chi connectivity index (χ1v) is 12.3. The van der Waals surface area contributed by atoms with Crippen LogP contribution in [0.5, 0.6) is 11.5 Å². The molecule has 1 atom stereocenters. The molecule has 7 nitrogen and oxygen atoms in total. The van der Waals surface area contributed by atoms with E-state index in [0.717, 1.165) is 24.5 Å². The van der Waals surface area contributed by atoms with Crippen molar-refractivity contribution in [2.45, 2.75) is 13.0 Å². The molecular formula is C27H27Cl2N3O4. The van der Waals surface area contributed by atoms with Crippen molar-refractivity contribution in [3.8, 4) is 11.5 Å². The van der Waals surface area contributed by atoms with Crippen LogP contribution >= 0.6 is 23.2 Å². The van der Waals surface area contributed by atoms with Crippen molar-refractivity contribution in [3.63, 3.8) is 0 Å². The number of hydrogen-bond acceptors (Lipinski definition) is 5. The highest BCUT2D eigenvalue weighted by atomic mass is 35.5. The molecule has 0 bridgehead atoms. The number of halogens is 2. The van der Waals surface area contributed by atoms with E-state index in [1.807, 2.05) is 29.2 Å². The van der Waals surface area contributed by atoms with E-state index in [1.165, 1.54) is 0 Å². The fourth-order valence-corrected chi connectivity index (χ4v) is 4.35. The van der Waals surface area contributed by atoms with Crippen LogP contribution in [0.15, 0.2) is 66.7 Å². The molecule has 188 valence electrons. The van der Waals surface area contributed by atoms with Crippen molar-refractivity contribution in [3.05, 3.63) is 82.3 Å². The number of anilines is 2. The number of nitrogens with one attached hydrogen (secondary N) is 1. The smallest absolute Gasteiger partial charge is 0.265 e.